The van der Waals surface area contributed by atoms with Gasteiger partial charge in [0, 0.05) is 25.7 Å². The van der Waals surface area contributed by atoms with E-state index in [2.05, 4.69) is 49.5 Å². The summed E-state index contributed by atoms with van der Waals surface area (Å²) in [5.74, 6) is 0. The summed E-state index contributed by atoms with van der Waals surface area (Å²) >= 11 is 0. The van der Waals surface area contributed by atoms with Crippen LogP contribution in [0.25, 0.3) is 0 Å². The number of benzene rings is 1. The van der Waals surface area contributed by atoms with Gasteiger partial charge in [0.15, 0.2) is 0 Å². The highest BCUT2D eigenvalue weighted by molar-refractivity contribution is 5.23. The van der Waals surface area contributed by atoms with Crippen molar-refractivity contribution in [1.82, 2.24) is 5.32 Å². The summed E-state index contributed by atoms with van der Waals surface area (Å²) in [7, 11) is 1.76. The Labute approximate surface area is 105 Å². The second-order valence-corrected chi connectivity index (χ2v) is 5.13. The molecule has 0 bridgehead atoms. The van der Waals surface area contributed by atoms with Crippen LogP contribution in [0.2, 0.25) is 0 Å². The molecule has 0 radical (unpaired) electrons. The largest absolute Gasteiger partial charge is 0.385 e. The summed E-state index contributed by atoms with van der Waals surface area (Å²) in [5, 5.41) is 3.53. The molecule has 0 aliphatic heterocycles. The minimum atomic E-state index is 0.197. The molecule has 0 heterocycles. The Hall–Kier alpha value is -0.860. The third kappa shape index (κ3) is 5.33. The Balaban J connectivity index is 2.26. The van der Waals surface area contributed by atoms with Gasteiger partial charge in [-0.05, 0) is 24.9 Å². The van der Waals surface area contributed by atoms with Gasteiger partial charge in [0.1, 0.15) is 0 Å². The number of unbranched alkanes of at least 4 members (excludes halogenated alkanes) is 1. The number of ether oxygens (including phenoxy) is 1. The van der Waals surface area contributed by atoms with Gasteiger partial charge in [-0.1, -0.05) is 44.2 Å². The lowest BCUT2D eigenvalue weighted by Crippen LogP contribution is -2.33. The van der Waals surface area contributed by atoms with Gasteiger partial charge in [0.05, 0.1) is 0 Å². The first-order valence-corrected chi connectivity index (χ1v) is 6.42. The van der Waals surface area contributed by atoms with E-state index in [1.807, 2.05) is 0 Å². The molecule has 1 N–H and O–H groups in total. The standard InChI is InChI=1S/C15H25NO/c1-15(2,14-9-5-4-6-10-14)13-16-11-7-8-12-17-3/h4-6,9-10,16H,7-8,11-13H2,1-3H3. The Morgan fingerprint density at radius 2 is 1.82 bits per heavy atom. The normalized spacial score (nSPS) is 11.7. The number of hydrogen-bond acceptors (Lipinski definition) is 2. The molecule has 0 fully saturated rings. The number of nitrogens with one attached hydrogen (secondary N) is 1. The highest BCUT2D eigenvalue weighted by atomic mass is 16.5. The van der Waals surface area contributed by atoms with Crippen LogP contribution in [0.5, 0.6) is 0 Å². The molecular weight excluding hydrogens is 210 g/mol. The quantitative estimate of drug-likeness (QED) is 0.699. The van der Waals surface area contributed by atoms with Crippen molar-refractivity contribution < 1.29 is 4.74 Å². The van der Waals surface area contributed by atoms with Gasteiger partial charge in [0.25, 0.3) is 0 Å². The first-order chi connectivity index (χ1) is 8.17. The second-order valence-electron chi connectivity index (χ2n) is 5.13. The first kappa shape index (κ1) is 14.2. The molecule has 0 saturated carbocycles. The van der Waals surface area contributed by atoms with E-state index in [9.17, 15) is 0 Å². The van der Waals surface area contributed by atoms with Crippen LogP contribution in [0.3, 0.4) is 0 Å². The van der Waals surface area contributed by atoms with Gasteiger partial charge >= 0.3 is 0 Å². The Bertz CT molecular complexity index is 295. The van der Waals surface area contributed by atoms with E-state index >= 15 is 0 Å². The highest BCUT2D eigenvalue weighted by Crippen LogP contribution is 2.21. The van der Waals surface area contributed by atoms with Crippen molar-refractivity contribution >= 4 is 0 Å². The second kappa shape index (κ2) is 7.46. The average molecular weight is 235 g/mol. The van der Waals surface area contributed by atoms with E-state index in [4.69, 9.17) is 4.74 Å². The Morgan fingerprint density at radius 1 is 1.12 bits per heavy atom. The molecule has 2 nitrogen and oxygen atoms in total. The van der Waals surface area contributed by atoms with E-state index < -0.39 is 0 Å². The molecule has 1 aromatic carbocycles. The van der Waals surface area contributed by atoms with Crippen LogP contribution in [0.4, 0.5) is 0 Å². The monoisotopic (exact) mass is 235 g/mol. The maximum absolute atomic E-state index is 5.03. The number of hydrogen-bond donors (Lipinski definition) is 1. The zero-order chi connectivity index (χ0) is 12.6. The molecular formula is C15H25NO. The molecule has 0 spiro atoms. The van der Waals surface area contributed by atoms with Crippen LogP contribution in [-0.2, 0) is 10.2 Å². The third-order valence-electron chi connectivity index (χ3n) is 3.07. The van der Waals surface area contributed by atoms with Gasteiger partial charge in [-0.2, -0.15) is 0 Å². The van der Waals surface area contributed by atoms with E-state index in [1.165, 1.54) is 12.0 Å². The molecule has 0 atom stereocenters. The lowest BCUT2D eigenvalue weighted by atomic mass is 9.84. The van der Waals surface area contributed by atoms with Gasteiger partial charge in [-0.25, -0.2) is 0 Å². The predicted molar refractivity (Wildman–Crippen MR) is 73.4 cm³/mol. The molecule has 0 aromatic heterocycles. The van der Waals surface area contributed by atoms with Gasteiger partial charge < -0.3 is 10.1 Å². The number of methoxy groups -OCH3 is 1. The topological polar surface area (TPSA) is 21.3 Å². The average Bonchev–Trinajstić information content (AvgIpc) is 2.35. The fourth-order valence-electron chi connectivity index (χ4n) is 1.89. The summed E-state index contributed by atoms with van der Waals surface area (Å²) in [6.07, 6.45) is 2.31. The van der Waals surface area contributed by atoms with Crippen molar-refractivity contribution in [2.45, 2.75) is 32.1 Å². The molecule has 96 valence electrons. The molecule has 1 rings (SSSR count). The summed E-state index contributed by atoms with van der Waals surface area (Å²) in [6.45, 7) is 7.52. The van der Waals surface area contributed by atoms with Gasteiger partial charge in [-0.3, -0.25) is 0 Å². The van der Waals surface area contributed by atoms with Crippen molar-refractivity contribution in [3.05, 3.63) is 35.9 Å². The fourth-order valence-corrected chi connectivity index (χ4v) is 1.89. The van der Waals surface area contributed by atoms with Crippen molar-refractivity contribution in [2.75, 3.05) is 26.8 Å². The molecule has 1 aromatic rings. The van der Waals surface area contributed by atoms with E-state index in [0.717, 1.165) is 26.1 Å². The zero-order valence-corrected chi connectivity index (χ0v) is 11.3. The zero-order valence-electron chi connectivity index (χ0n) is 11.3. The molecule has 0 amide bonds. The summed E-state index contributed by atoms with van der Waals surface area (Å²) in [4.78, 5) is 0. The molecule has 0 aliphatic carbocycles. The molecule has 2 heteroatoms. The van der Waals surface area contributed by atoms with Crippen LogP contribution in [0.15, 0.2) is 30.3 Å². The first-order valence-electron chi connectivity index (χ1n) is 6.42. The van der Waals surface area contributed by atoms with Crippen molar-refractivity contribution in [1.29, 1.82) is 0 Å². The lowest BCUT2D eigenvalue weighted by molar-refractivity contribution is 0.192. The molecule has 0 unspecified atom stereocenters. The maximum Gasteiger partial charge on any atom is 0.0462 e. The van der Waals surface area contributed by atoms with Crippen molar-refractivity contribution in [2.24, 2.45) is 0 Å². The molecule has 0 saturated heterocycles. The van der Waals surface area contributed by atoms with Crippen molar-refractivity contribution in [3.8, 4) is 0 Å². The maximum atomic E-state index is 5.03. The van der Waals surface area contributed by atoms with Crippen LogP contribution in [-0.4, -0.2) is 26.8 Å². The highest BCUT2D eigenvalue weighted by Gasteiger charge is 2.19. The minimum absolute atomic E-state index is 0.197. The van der Waals surface area contributed by atoms with Crippen LogP contribution < -0.4 is 5.32 Å². The van der Waals surface area contributed by atoms with Crippen LogP contribution >= 0.6 is 0 Å². The van der Waals surface area contributed by atoms with Crippen LogP contribution in [0, 0.1) is 0 Å². The molecule has 17 heavy (non-hydrogen) atoms. The molecule has 0 aliphatic rings. The third-order valence-corrected chi connectivity index (χ3v) is 3.07. The summed E-state index contributed by atoms with van der Waals surface area (Å²) in [6, 6.07) is 10.7. The SMILES string of the molecule is COCCCCNCC(C)(C)c1ccccc1. The lowest BCUT2D eigenvalue weighted by Gasteiger charge is -2.25. The smallest absolute Gasteiger partial charge is 0.0462 e. The Morgan fingerprint density at radius 3 is 2.47 bits per heavy atom. The van der Waals surface area contributed by atoms with E-state index in [0.29, 0.717) is 0 Å². The Kier molecular flexibility index (Phi) is 6.23. The summed E-state index contributed by atoms with van der Waals surface area (Å²) < 4.78 is 5.03. The van der Waals surface area contributed by atoms with Gasteiger partial charge in [0.2, 0.25) is 0 Å². The predicted octanol–water partition coefficient (Wildman–Crippen LogP) is 2.98. The number of rotatable bonds is 8. The van der Waals surface area contributed by atoms with E-state index in [1.54, 1.807) is 7.11 Å². The fraction of sp³-hybridized carbons (Fsp3) is 0.600. The summed E-state index contributed by atoms with van der Waals surface area (Å²) in [5.41, 5.74) is 1.59. The van der Waals surface area contributed by atoms with Crippen LogP contribution in [0.1, 0.15) is 32.3 Å². The van der Waals surface area contributed by atoms with Gasteiger partial charge in [-0.15, -0.1) is 0 Å². The minimum Gasteiger partial charge on any atom is -0.385 e. The van der Waals surface area contributed by atoms with Crippen molar-refractivity contribution in [3.63, 3.8) is 0 Å². The van der Waals surface area contributed by atoms with E-state index in [-0.39, 0.29) is 5.41 Å².